The maximum absolute atomic E-state index is 12.9. The molecule has 1 aliphatic carbocycles. The molecule has 0 saturated carbocycles. The Morgan fingerprint density at radius 1 is 1.47 bits per heavy atom. The van der Waals surface area contributed by atoms with E-state index >= 15 is 0 Å². The first kappa shape index (κ1) is 9.83. The molecule has 0 amide bonds. The molecule has 1 atom stereocenters. The van der Waals surface area contributed by atoms with E-state index in [1.54, 1.807) is 0 Å². The average molecular weight is 208 g/mol. The fraction of sp³-hybridized carbons (Fsp3) is 0.273. The van der Waals surface area contributed by atoms with Gasteiger partial charge in [0.2, 0.25) is 0 Å². The molecular formula is C11H9FO3. The van der Waals surface area contributed by atoms with Crippen LogP contribution in [0, 0.1) is 5.82 Å². The van der Waals surface area contributed by atoms with Crippen molar-refractivity contribution < 1.29 is 19.1 Å². The Morgan fingerprint density at radius 2 is 2.20 bits per heavy atom. The molecule has 0 spiro atoms. The quantitative estimate of drug-likeness (QED) is 0.767. The number of hydrogen-bond donors (Lipinski definition) is 1. The zero-order chi connectivity index (χ0) is 11.0. The number of rotatable bonds is 1. The SMILES string of the molecule is O=C1CCC(C(=O)O)c2ccc(F)cc21. The Morgan fingerprint density at radius 3 is 2.87 bits per heavy atom. The fourth-order valence-electron chi connectivity index (χ4n) is 1.90. The van der Waals surface area contributed by atoms with E-state index in [0.717, 1.165) is 6.07 Å². The van der Waals surface area contributed by atoms with Gasteiger partial charge >= 0.3 is 5.97 Å². The largest absolute Gasteiger partial charge is 0.481 e. The lowest BCUT2D eigenvalue weighted by molar-refractivity contribution is -0.139. The van der Waals surface area contributed by atoms with Crippen LogP contribution in [0.3, 0.4) is 0 Å². The molecule has 0 heterocycles. The summed E-state index contributed by atoms with van der Waals surface area (Å²) in [7, 11) is 0. The van der Waals surface area contributed by atoms with Crippen LogP contribution in [0.15, 0.2) is 18.2 Å². The van der Waals surface area contributed by atoms with Crippen LogP contribution >= 0.6 is 0 Å². The molecule has 0 aromatic heterocycles. The smallest absolute Gasteiger partial charge is 0.311 e. The third kappa shape index (κ3) is 1.63. The van der Waals surface area contributed by atoms with E-state index in [1.165, 1.54) is 12.1 Å². The van der Waals surface area contributed by atoms with Gasteiger partial charge in [-0.25, -0.2) is 4.39 Å². The molecule has 1 aromatic rings. The number of aliphatic carboxylic acids is 1. The summed E-state index contributed by atoms with van der Waals surface area (Å²) in [6, 6.07) is 3.70. The van der Waals surface area contributed by atoms with E-state index in [-0.39, 0.29) is 17.8 Å². The summed E-state index contributed by atoms with van der Waals surface area (Å²) in [4.78, 5) is 22.3. The predicted octanol–water partition coefficient (Wildman–Crippen LogP) is 1.97. The van der Waals surface area contributed by atoms with Crippen molar-refractivity contribution >= 4 is 11.8 Å². The fourth-order valence-corrected chi connectivity index (χ4v) is 1.90. The number of carbonyl (C=O) groups excluding carboxylic acids is 1. The Kier molecular flexibility index (Phi) is 2.26. The lowest BCUT2D eigenvalue weighted by Gasteiger charge is -2.20. The van der Waals surface area contributed by atoms with Gasteiger partial charge in [0.05, 0.1) is 5.92 Å². The van der Waals surface area contributed by atoms with Crippen LogP contribution in [0.2, 0.25) is 0 Å². The number of fused-ring (bicyclic) bond motifs is 1. The molecule has 4 heteroatoms. The van der Waals surface area contributed by atoms with Gasteiger partial charge in [0.15, 0.2) is 5.78 Å². The zero-order valence-electron chi connectivity index (χ0n) is 7.87. The molecule has 1 unspecified atom stereocenters. The maximum Gasteiger partial charge on any atom is 0.311 e. The van der Waals surface area contributed by atoms with E-state index in [1.807, 2.05) is 0 Å². The van der Waals surface area contributed by atoms with E-state index in [9.17, 15) is 14.0 Å². The summed E-state index contributed by atoms with van der Waals surface area (Å²) in [5, 5.41) is 8.94. The predicted molar refractivity (Wildman–Crippen MR) is 50.3 cm³/mol. The van der Waals surface area contributed by atoms with Gasteiger partial charge in [-0.3, -0.25) is 9.59 Å². The van der Waals surface area contributed by atoms with Crippen LogP contribution in [-0.4, -0.2) is 16.9 Å². The average Bonchev–Trinajstić information content (AvgIpc) is 2.19. The second-order valence-electron chi connectivity index (χ2n) is 3.58. The van der Waals surface area contributed by atoms with Crippen molar-refractivity contribution in [2.24, 2.45) is 0 Å². The van der Waals surface area contributed by atoms with E-state index in [0.29, 0.717) is 12.0 Å². The standard InChI is InChI=1S/C11H9FO3/c12-6-1-2-7-8(11(14)15)3-4-10(13)9(7)5-6/h1-2,5,8H,3-4H2,(H,14,15). The first-order valence-electron chi connectivity index (χ1n) is 4.65. The van der Waals surface area contributed by atoms with Gasteiger partial charge in [0, 0.05) is 12.0 Å². The summed E-state index contributed by atoms with van der Waals surface area (Å²) in [6.45, 7) is 0. The van der Waals surface area contributed by atoms with Crippen LogP contribution in [0.4, 0.5) is 4.39 Å². The summed E-state index contributed by atoms with van der Waals surface area (Å²) in [5.41, 5.74) is 0.647. The lowest BCUT2D eigenvalue weighted by atomic mass is 9.82. The molecule has 0 aliphatic heterocycles. The van der Waals surface area contributed by atoms with Crippen LogP contribution in [-0.2, 0) is 4.79 Å². The minimum atomic E-state index is -0.963. The lowest BCUT2D eigenvalue weighted by Crippen LogP contribution is -2.21. The second-order valence-corrected chi connectivity index (χ2v) is 3.58. The molecule has 0 saturated heterocycles. The highest BCUT2D eigenvalue weighted by Gasteiger charge is 2.30. The number of carbonyl (C=O) groups is 2. The van der Waals surface area contributed by atoms with E-state index in [2.05, 4.69) is 0 Å². The first-order chi connectivity index (χ1) is 7.09. The molecule has 2 rings (SSSR count). The molecule has 0 bridgehead atoms. The molecule has 1 N–H and O–H groups in total. The molecule has 0 fully saturated rings. The molecule has 0 radical (unpaired) electrons. The third-order valence-corrected chi connectivity index (χ3v) is 2.65. The van der Waals surface area contributed by atoms with Crippen molar-refractivity contribution in [2.45, 2.75) is 18.8 Å². The van der Waals surface area contributed by atoms with E-state index in [4.69, 9.17) is 5.11 Å². The molecule has 78 valence electrons. The van der Waals surface area contributed by atoms with Crippen molar-refractivity contribution in [2.75, 3.05) is 0 Å². The van der Waals surface area contributed by atoms with Crippen LogP contribution in [0.1, 0.15) is 34.7 Å². The zero-order valence-corrected chi connectivity index (χ0v) is 7.87. The van der Waals surface area contributed by atoms with Crippen LogP contribution < -0.4 is 0 Å². The number of halogens is 1. The van der Waals surface area contributed by atoms with Crippen LogP contribution in [0.25, 0.3) is 0 Å². The highest BCUT2D eigenvalue weighted by Crippen LogP contribution is 2.31. The summed E-state index contributed by atoms with van der Waals surface area (Å²) < 4.78 is 12.9. The normalized spacial score (nSPS) is 19.8. The van der Waals surface area contributed by atoms with Crippen molar-refractivity contribution in [3.05, 3.63) is 35.1 Å². The van der Waals surface area contributed by atoms with Gasteiger partial charge in [0.1, 0.15) is 5.82 Å². The Bertz CT molecular complexity index is 439. The molecule has 15 heavy (non-hydrogen) atoms. The van der Waals surface area contributed by atoms with Crippen molar-refractivity contribution in [3.8, 4) is 0 Å². The Balaban J connectivity index is 2.55. The van der Waals surface area contributed by atoms with Gasteiger partial charge in [-0.05, 0) is 24.1 Å². The summed E-state index contributed by atoms with van der Waals surface area (Å²) >= 11 is 0. The third-order valence-electron chi connectivity index (χ3n) is 2.65. The number of ketones is 1. The van der Waals surface area contributed by atoms with Crippen molar-refractivity contribution in [1.29, 1.82) is 0 Å². The first-order valence-corrected chi connectivity index (χ1v) is 4.65. The Labute approximate surface area is 85.5 Å². The molecular weight excluding hydrogens is 199 g/mol. The number of Topliss-reactive ketones (excluding diaryl/α,β-unsaturated/α-hetero) is 1. The highest BCUT2D eigenvalue weighted by atomic mass is 19.1. The monoisotopic (exact) mass is 208 g/mol. The minimum absolute atomic E-state index is 0.174. The summed E-state index contributed by atoms with van der Waals surface area (Å²) in [6.07, 6.45) is 0.472. The topological polar surface area (TPSA) is 54.4 Å². The second kappa shape index (κ2) is 3.46. The molecule has 1 aromatic carbocycles. The van der Waals surface area contributed by atoms with Crippen LogP contribution in [0.5, 0.6) is 0 Å². The number of hydrogen-bond acceptors (Lipinski definition) is 2. The van der Waals surface area contributed by atoms with Crippen molar-refractivity contribution in [1.82, 2.24) is 0 Å². The highest BCUT2D eigenvalue weighted by molar-refractivity contribution is 6.01. The molecule has 1 aliphatic rings. The van der Waals surface area contributed by atoms with E-state index < -0.39 is 17.7 Å². The number of carboxylic acid groups (broad SMARTS) is 1. The van der Waals surface area contributed by atoms with Gasteiger partial charge in [-0.15, -0.1) is 0 Å². The maximum atomic E-state index is 12.9. The van der Waals surface area contributed by atoms with Crippen molar-refractivity contribution in [3.63, 3.8) is 0 Å². The Hall–Kier alpha value is -1.71. The van der Waals surface area contributed by atoms with Gasteiger partial charge in [-0.2, -0.15) is 0 Å². The minimum Gasteiger partial charge on any atom is -0.481 e. The summed E-state index contributed by atoms with van der Waals surface area (Å²) in [5.74, 6) is -2.33. The van der Waals surface area contributed by atoms with Gasteiger partial charge < -0.3 is 5.11 Å². The van der Waals surface area contributed by atoms with Gasteiger partial charge in [0.25, 0.3) is 0 Å². The number of carboxylic acids is 1. The number of benzene rings is 1. The molecule has 3 nitrogen and oxygen atoms in total. The van der Waals surface area contributed by atoms with Gasteiger partial charge in [-0.1, -0.05) is 6.07 Å².